The lowest BCUT2D eigenvalue weighted by Gasteiger charge is -2.18. The maximum Gasteiger partial charge on any atom is 0.320 e. The molecule has 0 fully saturated rings. The third kappa shape index (κ3) is 4.72. The Morgan fingerprint density at radius 1 is 0.793 bits per heavy atom. The first-order valence-electron chi connectivity index (χ1n) is 9.87. The average molecular weight is 386 g/mol. The van der Waals surface area contributed by atoms with Gasteiger partial charge in [0.05, 0.1) is 14.2 Å². The van der Waals surface area contributed by atoms with Gasteiger partial charge in [0.2, 0.25) is 0 Å². The van der Waals surface area contributed by atoms with Gasteiger partial charge in [0, 0.05) is 0 Å². The first kappa shape index (κ1) is 20.8. The molecule has 0 aliphatic carbocycles. The Morgan fingerprint density at radius 3 is 2.00 bits per heavy atom. The predicted octanol–water partition coefficient (Wildman–Crippen LogP) is 4.89. The van der Waals surface area contributed by atoms with Gasteiger partial charge in [-0.15, -0.1) is 0 Å². The second kappa shape index (κ2) is 9.48. The van der Waals surface area contributed by atoms with E-state index >= 15 is 0 Å². The van der Waals surface area contributed by atoms with Crippen LogP contribution in [-0.4, -0.2) is 26.2 Å². The first-order chi connectivity index (χ1) is 14.1. The third-order valence-corrected chi connectivity index (χ3v) is 5.09. The summed E-state index contributed by atoms with van der Waals surface area (Å²) < 4.78 is 10.9. The molecule has 0 radical (unpaired) electrons. The molecule has 29 heavy (non-hydrogen) atoms. The van der Waals surface area contributed by atoms with Crippen molar-refractivity contribution < 1.29 is 14.5 Å². The van der Waals surface area contributed by atoms with E-state index in [0.717, 1.165) is 45.6 Å². The normalized spacial score (nSPS) is 11.6. The molecule has 3 nitrogen and oxygen atoms in total. The van der Waals surface area contributed by atoms with Crippen LogP contribution >= 0.6 is 0 Å². The molecule has 148 valence electrons. The fourth-order valence-electron chi connectivity index (χ4n) is 3.56. The maximum absolute atomic E-state index is 10.2. The highest BCUT2D eigenvalue weighted by molar-refractivity contribution is 6.64. The van der Waals surface area contributed by atoms with Crippen LogP contribution in [0.15, 0.2) is 72.8 Å². The second-order valence-corrected chi connectivity index (χ2v) is 6.97. The zero-order valence-corrected chi connectivity index (χ0v) is 17.5. The number of allylic oxidation sites excluding steroid dienone is 1. The van der Waals surface area contributed by atoms with Crippen LogP contribution in [0.5, 0.6) is 11.5 Å². The average Bonchev–Trinajstić information content (AvgIpc) is 2.77. The van der Waals surface area contributed by atoms with E-state index in [4.69, 9.17) is 9.47 Å². The fourth-order valence-corrected chi connectivity index (χ4v) is 3.56. The summed E-state index contributed by atoms with van der Waals surface area (Å²) in [6, 6.07) is 24.5. The van der Waals surface area contributed by atoms with Gasteiger partial charge in [-0.2, -0.15) is 0 Å². The summed E-state index contributed by atoms with van der Waals surface area (Å²) in [5, 5.41) is 10.2. The lowest BCUT2D eigenvalue weighted by molar-refractivity contribution is 0.414. The van der Waals surface area contributed by atoms with Gasteiger partial charge in [-0.1, -0.05) is 62.3 Å². The van der Waals surface area contributed by atoms with Crippen molar-refractivity contribution in [1.29, 1.82) is 0 Å². The summed E-state index contributed by atoms with van der Waals surface area (Å²) in [7, 11) is 3.33. The molecule has 3 aromatic carbocycles. The Balaban J connectivity index is 2.30. The lowest BCUT2D eigenvalue weighted by Crippen LogP contribution is -2.26. The molecule has 3 rings (SSSR count). The van der Waals surface area contributed by atoms with Crippen LogP contribution in [0.3, 0.4) is 0 Å². The lowest BCUT2D eigenvalue weighted by atomic mass is 9.63. The van der Waals surface area contributed by atoms with Crippen molar-refractivity contribution in [3.63, 3.8) is 0 Å². The van der Waals surface area contributed by atoms with E-state index in [9.17, 15) is 5.02 Å². The van der Waals surface area contributed by atoms with Crippen LogP contribution in [-0.2, 0) is 0 Å². The zero-order chi connectivity index (χ0) is 20.8. The molecule has 4 heteroatoms. The van der Waals surface area contributed by atoms with Crippen molar-refractivity contribution in [2.24, 2.45) is 0 Å². The summed E-state index contributed by atoms with van der Waals surface area (Å²) in [5.41, 5.74) is 6.50. The summed E-state index contributed by atoms with van der Waals surface area (Å²) in [6.45, 7) is 3.36. The SMILES string of the molecule is CC/C(=C(/c1ccccc1)c1cc(OC)cc(B(C)O)c1)c1ccc(OC)cc1. The maximum atomic E-state index is 10.2. The molecular formula is C25H27BO3. The zero-order valence-electron chi connectivity index (χ0n) is 17.5. The molecule has 0 amide bonds. The molecule has 0 saturated heterocycles. The van der Waals surface area contributed by atoms with E-state index in [1.807, 2.05) is 42.5 Å². The van der Waals surface area contributed by atoms with E-state index in [1.54, 1.807) is 21.0 Å². The smallest absolute Gasteiger partial charge is 0.320 e. The fraction of sp³-hybridized carbons (Fsp3) is 0.200. The van der Waals surface area contributed by atoms with Crippen LogP contribution in [0.2, 0.25) is 6.82 Å². The second-order valence-electron chi connectivity index (χ2n) is 6.97. The molecule has 0 heterocycles. The molecule has 0 aromatic heterocycles. The van der Waals surface area contributed by atoms with Crippen molar-refractivity contribution in [2.45, 2.75) is 20.2 Å². The largest absolute Gasteiger partial charge is 0.497 e. The Labute approximate surface area is 173 Å². The molecule has 0 spiro atoms. The van der Waals surface area contributed by atoms with Crippen molar-refractivity contribution in [3.8, 4) is 11.5 Å². The number of rotatable bonds is 7. The van der Waals surface area contributed by atoms with Crippen LogP contribution in [0.25, 0.3) is 11.1 Å². The van der Waals surface area contributed by atoms with Gasteiger partial charge in [0.25, 0.3) is 0 Å². The van der Waals surface area contributed by atoms with Crippen molar-refractivity contribution in [3.05, 3.63) is 89.5 Å². The molecule has 0 aliphatic rings. The van der Waals surface area contributed by atoms with E-state index < -0.39 is 6.92 Å². The Bertz CT molecular complexity index is 977. The molecule has 3 aromatic rings. The number of benzene rings is 3. The van der Waals surface area contributed by atoms with Gasteiger partial charge in [-0.25, -0.2) is 0 Å². The van der Waals surface area contributed by atoms with E-state index in [2.05, 4.69) is 37.3 Å². The van der Waals surface area contributed by atoms with Gasteiger partial charge in [-0.05, 0) is 64.0 Å². The van der Waals surface area contributed by atoms with E-state index in [0.29, 0.717) is 0 Å². The van der Waals surface area contributed by atoms with Crippen molar-refractivity contribution in [2.75, 3.05) is 14.2 Å². The van der Waals surface area contributed by atoms with E-state index in [-0.39, 0.29) is 0 Å². The van der Waals surface area contributed by atoms with Crippen LogP contribution in [0.4, 0.5) is 0 Å². The van der Waals surface area contributed by atoms with Gasteiger partial charge >= 0.3 is 6.92 Å². The number of hydrogen-bond donors (Lipinski definition) is 1. The highest BCUT2D eigenvalue weighted by Crippen LogP contribution is 2.35. The molecular weight excluding hydrogens is 359 g/mol. The summed E-state index contributed by atoms with van der Waals surface area (Å²) >= 11 is 0. The predicted molar refractivity (Wildman–Crippen MR) is 122 cm³/mol. The number of ether oxygens (including phenoxy) is 2. The van der Waals surface area contributed by atoms with Gasteiger partial charge in [-0.3, -0.25) is 0 Å². The number of methoxy groups -OCH3 is 2. The van der Waals surface area contributed by atoms with Crippen molar-refractivity contribution >= 4 is 23.5 Å². The Morgan fingerprint density at radius 2 is 1.45 bits per heavy atom. The Kier molecular flexibility index (Phi) is 6.79. The third-order valence-electron chi connectivity index (χ3n) is 5.09. The monoisotopic (exact) mass is 386 g/mol. The molecule has 1 N–H and O–H groups in total. The van der Waals surface area contributed by atoms with Gasteiger partial charge in [0.15, 0.2) is 0 Å². The molecule has 0 atom stereocenters. The molecule has 0 saturated carbocycles. The highest BCUT2D eigenvalue weighted by Gasteiger charge is 2.17. The standard InChI is InChI=1S/C25H27BO3/c1-5-24(18-11-13-22(28-3)14-12-18)25(19-9-7-6-8-10-19)20-15-21(26(2)27)17-23(16-20)29-4/h6-17,27H,5H2,1-4H3/b25-24+. The summed E-state index contributed by atoms with van der Waals surface area (Å²) in [4.78, 5) is 0. The highest BCUT2D eigenvalue weighted by atomic mass is 16.5. The quantitative estimate of drug-likeness (QED) is 0.464. The van der Waals surface area contributed by atoms with E-state index in [1.165, 1.54) is 5.57 Å². The summed E-state index contributed by atoms with van der Waals surface area (Å²) in [5.74, 6) is 1.57. The van der Waals surface area contributed by atoms with Gasteiger partial charge < -0.3 is 14.5 Å². The molecule has 0 bridgehead atoms. The van der Waals surface area contributed by atoms with Crippen LogP contribution < -0.4 is 14.9 Å². The summed E-state index contributed by atoms with van der Waals surface area (Å²) in [6.07, 6.45) is 0.859. The van der Waals surface area contributed by atoms with Crippen molar-refractivity contribution in [1.82, 2.24) is 0 Å². The van der Waals surface area contributed by atoms with Crippen LogP contribution in [0.1, 0.15) is 30.0 Å². The topological polar surface area (TPSA) is 38.7 Å². The number of hydrogen-bond acceptors (Lipinski definition) is 3. The first-order valence-corrected chi connectivity index (χ1v) is 9.87. The minimum absolute atomic E-state index is 0.577. The minimum atomic E-state index is -0.577. The molecule has 0 aliphatic heterocycles. The minimum Gasteiger partial charge on any atom is -0.497 e. The van der Waals surface area contributed by atoms with Gasteiger partial charge in [0.1, 0.15) is 11.5 Å². The Hall–Kier alpha value is -2.98. The molecule has 0 unspecified atom stereocenters. The van der Waals surface area contributed by atoms with Crippen LogP contribution in [0, 0.1) is 0 Å².